The smallest absolute Gasteiger partial charge is 0.323 e. The Hall–Kier alpha value is -2.68. The number of urea groups is 1. The van der Waals surface area contributed by atoms with Gasteiger partial charge in [0.2, 0.25) is 5.89 Å². The van der Waals surface area contributed by atoms with Crippen molar-refractivity contribution in [2.24, 2.45) is 5.92 Å². The Labute approximate surface area is 167 Å². The van der Waals surface area contributed by atoms with Gasteiger partial charge in [0, 0.05) is 35.7 Å². The number of nitrogens with one attached hydrogen (secondary N) is 1. The number of carboxylic acid groups (broad SMARTS) is 1. The number of carboxylic acids is 1. The molecule has 3 heterocycles. The normalized spacial score (nSPS) is 15.9. The van der Waals surface area contributed by atoms with Gasteiger partial charge in [-0.25, -0.2) is 14.8 Å². The first-order chi connectivity index (χ1) is 13.2. The molecule has 1 saturated heterocycles. The van der Waals surface area contributed by atoms with Gasteiger partial charge < -0.3 is 14.4 Å². The number of hydrogen-bond donors (Lipinski definition) is 2. The highest BCUT2D eigenvalue weighted by atomic mass is 32.1. The number of rotatable bonds is 4. The molecular weight excluding hydrogens is 380 g/mol. The summed E-state index contributed by atoms with van der Waals surface area (Å²) in [6.07, 6.45) is 7.95. The van der Waals surface area contributed by atoms with Gasteiger partial charge in [0.25, 0.3) is 0 Å². The summed E-state index contributed by atoms with van der Waals surface area (Å²) in [6, 6.07) is -0.253. The number of oxazole rings is 1. The molecule has 0 saturated carbocycles. The molecule has 0 bridgehead atoms. The Morgan fingerprint density at radius 1 is 1.25 bits per heavy atom. The fraction of sp³-hybridized carbons (Fsp3) is 0.474. The maximum absolute atomic E-state index is 12.3. The second-order valence-corrected chi connectivity index (χ2v) is 8.81. The summed E-state index contributed by atoms with van der Waals surface area (Å²) in [5.41, 5.74) is -0.0973. The predicted octanol–water partition coefficient (Wildman–Crippen LogP) is 3.93. The Morgan fingerprint density at radius 3 is 2.57 bits per heavy atom. The van der Waals surface area contributed by atoms with Crippen LogP contribution in [0.15, 0.2) is 16.8 Å². The number of aromatic nitrogens is 2. The van der Waals surface area contributed by atoms with Crippen molar-refractivity contribution in [1.29, 1.82) is 0 Å². The zero-order chi connectivity index (χ0) is 20.3. The van der Waals surface area contributed by atoms with Gasteiger partial charge in [0.1, 0.15) is 5.76 Å². The number of carbonyl (C=O) groups excluding carboxylic acids is 1. The van der Waals surface area contributed by atoms with E-state index in [1.807, 2.05) is 6.08 Å². The van der Waals surface area contributed by atoms with Crippen LogP contribution in [0.1, 0.15) is 50.1 Å². The minimum absolute atomic E-state index is 0.0973. The number of aliphatic carboxylic acids is 1. The molecule has 0 spiro atoms. The molecular formula is C19H24N4O4S. The molecule has 1 aliphatic rings. The minimum atomic E-state index is -0.794. The third-order valence-corrected chi connectivity index (χ3v) is 5.40. The first-order valence-corrected chi connectivity index (χ1v) is 9.93. The van der Waals surface area contributed by atoms with Gasteiger partial charge >= 0.3 is 12.0 Å². The van der Waals surface area contributed by atoms with Crippen LogP contribution in [0, 0.1) is 5.92 Å². The van der Waals surface area contributed by atoms with Gasteiger partial charge in [-0.2, -0.15) is 0 Å². The van der Waals surface area contributed by atoms with Crippen molar-refractivity contribution in [1.82, 2.24) is 14.9 Å². The topological polar surface area (TPSA) is 109 Å². The van der Waals surface area contributed by atoms with E-state index in [0.717, 1.165) is 10.6 Å². The standard InChI is InChI=1S/C19H24N4O4S/c1-19(2,3)14-11-20-15(27-14)5-4-13-10-21-17(28-13)22-18(26)23-8-6-12(7-9-23)16(24)25/h4-5,10-12H,6-9H2,1-3H3,(H,24,25)(H,21,22,26)/b5-4+. The summed E-state index contributed by atoms with van der Waals surface area (Å²) in [6.45, 7) is 7.04. The molecule has 2 aromatic heterocycles. The third-order valence-electron chi connectivity index (χ3n) is 4.52. The Kier molecular flexibility index (Phi) is 5.83. The summed E-state index contributed by atoms with van der Waals surface area (Å²) in [5, 5.41) is 12.3. The number of amides is 2. The average Bonchev–Trinajstić information content (AvgIpc) is 3.29. The Bertz CT molecular complexity index is 873. The lowest BCUT2D eigenvalue weighted by atomic mass is 9.94. The maximum atomic E-state index is 12.3. The number of piperidine rings is 1. The molecule has 3 rings (SSSR count). The number of anilines is 1. The molecule has 1 fully saturated rings. The highest BCUT2D eigenvalue weighted by Crippen LogP contribution is 2.25. The van der Waals surface area contributed by atoms with E-state index in [9.17, 15) is 9.59 Å². The second kappa shape index (κ2) is 8.14. The van der Waals surface area contributed by atoms with Crippen molar-refractivity contribution in [2.75, 3.05) is 18.4 Å². The number of likely N-dealkylation sites (tertiary alicyclic amines) is 1. The fourth-order valence-corrected chi connectivity index (χ4v) is 3.49. The van der Waals surface area contributed by atoms with E-state index in [2.05, 4.69) is 36.1 Å². The summed E-state index contributed by atoms with van der Waals surface area (Å²) >= 11 is 1.34. The van der Waals surface area contributed by atoms with Crippen LogP contribution in [0.2, 0.25) is 0 Å². The van der Waals surface area contributed by atoms with Crippen molar-refractivity contribution in [3.63, 3.8) is 0 Å². The van der Waals surface area contributed by atoms with E-state index in [-0.39, 0.29) is 17.4 Å². The second-order valence-electron chi connectivity index (χ2n) is 7.74. The van der Waals surface area contributed by atoms with Crippen LogP contribution in [0.3, 0.4) is 0 Å². The lowest BCUT2D eigenvalue weighted by Gasteiger charge is -2.29. The highest BCUT2D eigenvalue weighted by Gasteiger charge is 2.27. The SMILES string of the molecule is CC(C)(C)c1cnc(/C=C/c2cnc(NC(=O)N3CCC(C(=O)O)CC3)s2)o1. The lowest BCUT2D eigenvalue weighted by molar-refractivity contribution is -0.143. The van der Waals surface area contributed by atoms with Crippen LogP contribution in [0.4, 0.5) is 9.93 Å². The minimum Gasteiger partial charge on any atom is -0.481 e. The largest absolute Gasteiger partial charge is 0.481 e. The number of carbonyl (C=O) groups is 2. The van der Waals surface area contributed by atoms with Gasteiger partial charge in [-0.15, -0.1) is 0 Å². The predicted molar refractivity (Wildman–Crippen MR) is 107 cm³/mol. The van der Waals surface area contributed by atoms with E-state index >= 15 is 0 Å². The van der Waals surface area contributed by atoms with Crippen LogP contribution in [0.25, 0.3) is 12.2 Å². The average molecular weight is 404 g/mol. The molecule has 1 aliphatic heterocycles. The number of nitrogens with zero attached hydrogens (tertiary/aromatic N) is 3. The fourth-order valence-electron chi connectivity index (χ4n) is 2.79. The van der Waals surface area contributed by atoms with E-state index in [0.29, 0.717) is 37.0 Å². The van der Waals surface area contributed by atoms with Crippen LogP contribution < -0.4 is 5.32 Å². The number of hydrogen-bond acceptors (Lipinski definition) is 6. The molecule has 0 aromatic carbocycles. The molecule has 2 aromatic rings. The Morgan fingerprint density at radius 2 is 1.96 bits per heavy atom. The highest BCUT2D eigenvalue weighted by molar-refractivity contribution is 7.16. The molecule has 0 aliphatic carbocycles. The van der Waals surface area contributed by atoms with Crippen molar-refractivity contribution in [2.45, 2.75) is 39.0 Å². The molecule has 2 N–H and O–H groups in total. The first-order valence-electron chi connectivity index (χ1n) is 9.11. The van der Waals surface area contributed by atoms with Crippen LogP contribution in [0.5, 0.6) is 0 Å². The van der Waals surface area contributed by atoms with E-state index < -0.39 is 5.97 Å². The van der Waals surface area contributed by atoms with Crippen molar-refractivity contribution in [3.05, 3.63) is 28.9 Å². The van der Waals surface area contributed by atoms with Crippen molar-refractivity contribution < 1.29 is 19.1 Å². The first kappa shape index (κ1) is 20.1. The van der Waals surface area contributed by atoms with Gasteiger partial charge in [-0.05, 0) is 18.9 Å². The van der Waals surface area contributed by atoms with E-state index in [4.69, 9.17) is 9.52 Å². The maximum Gasteiger partial charge on any atom is 0.323 e. The summed E-state index contributed by atoms with van der Waals surface area (Å²) in [4.78, 5) is 34.3. The molecule has 2 amide bonds. The van der Waals surface area contributed by atoms with Crippen LogP contribution in [-0.4, -0.2) is 45.1 Å². The van der Waals surface area contributed by atoms with Gasteiger partial charge in [0.15, 0.2) is 5.13 Å². The molecule has 0 unspecified atom stereocenters. The molecule has 9 heteroatoms. The Balaban J connectivity index is 1.55. The lowest BCUT2D eigenvalue weighted by Crippen LogP contribution is -2.42. The summed E-state index contributed by atoms with van der Waals surface area (Å²) in [5.74, 6) is 0.174. The number of thiazole rings is 1. The summed E-state index contributed by atoms with van der Waals surface area (Å²) < 4.78 is 5.71. The van der Waals surface area contributed by atoms with Crippen molar-refractivity contribution in [3.8, 4) is 0 Å². The molecule has 28 heavy (non-hydrogen) atoms. The third kappa shape index (κ3) is 4.98. The zero-order valence-electron chi connectivity index (χ0n) is 16.1. The zero-order valence-corrected chi connectivity index (χ0v) is 17.0. The van der Waals surface area contributed by atoms with Gasteiger partial charge in [-0.3, -0.25) is 10.1 Å². The van der Waals surface area contributed by atoms with E-state index in [1.54, 1.807) is 23.4 Å². The van der Waals surface area contributed by atoms with Crippen LogP contribution >= 0.6 is 11.3 Å². The van der Waals surface area contributed by atoms with Gasteiger partial charge in [0.05, 0.1) is 12.1 Å². The van der Waals surface area contributed by atoms with Gasteiger partial charge in [-0.1, -0.05) is 32.1 Å². The van der Waals surface area contributed by atoms with E-state index in [1.165, 1.54) is 11.3 Å². The quantitative estimate of drug-likeness (QED) is 0.799. The summed E-state index contributed by atoms with van der Waals surface area (Å²) in [7, 11) is 0. The molecule has 150 valence electrons. The molecule has 0 atom stereocenters. The van der Waals surface area contributed by atoms with Crippen molar-refractivity contribution >= 4 is 40.6 Å². The monoisotopic (exact) mass is 404 g/mol. The molecule has 8 nitrogen and oxygen atoms in total. The molecule has 0 radical (unpaired) electrons. The van der Waals surface area contributed by atoms with Crippen LogP contribution in [-0.2, 0) is 10.2 Å².